The van der Waals surface area contributed by atoms with E-state index < -0.39 is 0 Å². The van der Waals surface area contributed by atoms with E-state index in [0.717, 1.165) is 30.6 Å². The number of aromatic hydroxyl groups is 1. The molecular formula is C18H23N3O3. The molecule has 6 nitrogen and oxygen atoms in total. The van der Waals surface area contributed by atoms with Crippen LogP contribution in [0.3, 0.4) is 0 Å². The normalized spacial score (nSPS) is 17.1. The predicted molar refractivity (Wildman–Crippen MR) is 89.4 cm³/mol. The number of phenolic OH excluding ortho intramolecular Hbond substituents is 1. The zero-order chi connectivity index (χ0) is 16.9. The molecule has 0 aliphatic carbocycles. The van der Waals surface area contributed by atoms with Gasteiger partial charge in [0.05, 0.1) is 18.7 Å². The van der Waals surface area contributed by atoms with Crippen molar-refractivity contribution in [3.63, 3.8) is 0 Å². The maximum atomic E-state index is 12.8. The van der Waals surface area contributed by atoms with Crippen molar-refractivity contribution < 1.29 is 14.6 Å². The molecule has 24 heavy (non-hydrogen) atoms. The molecule has 0 bridgehead atoms. The van der Waals surface area contributed by atoms with Crippen molar-refractivity contribution in [2.75, 3.05) is 13.2 Å². The Labute approximate surface area is 141 Å². The molecule has 1 atom stereocenters. The first-order valence-electron chi connectivity index (χ1n) is 8.25. The fraction of sp³-hybridized carbons (Fsp3) is 0.444. The number of hydrogen-bond acceptors (Lipinski definition) is 4. The van der Waals surface area contributed by atoms with Crippen LogP contribution < -0.4 is 0 Å². The molecule has 0 saturated carbocycles. The summed E-state index contributed by atoms with van der Waals surface area (Å²) in [5.74, 6) is 0.228. The van der Waals surface area contributed by atoms with Gasteiger partial charge in [0, 0.05) is 38.5 Å². The van der Waals surface area contributed by atoms with E-state index in [4.69, 9.17) is 4.74 Å². The van der Waals surface area contributed by atoms with Gasteiger partial charge in [0.2, 0.25) is 5.91 Å². The zero-order valence-electron chi connectivity index (χ0n) is 13.9. The molecular weight excluding hydrogens is 306 g/mol. The Balaban J connectivity index is 1.72. The molecule has 1 aromatic carbocycles. The largest absolute Gasteiger partial charge is 0.508 e. The van der Waals surface area contributed by atoms with Gasteiger partial charge in [-0.15, -0.1) is 0 Å². The average molecular weight is 329 g/mol. The number of benzene rings is 1. The third kappa shape index (κ3) is 4.14. The van der Waals surface area contributed by atoms with Crippen molar-refractivity contribution in [1.82, 2.24) is 14.7 Å². The van der Waals surface area contributed by atoms with E-state index in [9.17, 15) is 9.90 Å². The molecule has 3 rings (SSSR count). The zero-order valence-corrected chi connectivity index (χ0v) is 13.9. The van der Waals surface area contributed by atoms with E-state index in [1.807, 2.05) is 25.4 Å². The average Bonchev–Trinajstić information content (AvgIpc) is 3.20. The third-order valence-corrected chi connectivity index (χ3v) is 4.27. The maximum Gasteiger partial charge on any atom is 0.227 e. The number of rotatable bonds is 6. The van der Waals surface area contributed by atoms with Gasteiger partial charge in [-0.05, 0) is 24.5 Å². The monoisotopic (exact) mass is 329 g/mol. The fourth-order valence-corrected chi connectivity index (χ4v) is 2.99. The summed E-state index contributed by atoms with van der Waals surface area (Å²) in [4.78, 5) is 14.6. The summed E-state index contributed by atoms with van der Waals surface area (Å²) < 4.78 is 7.37. The molecule has 2 aromatic rings. The van der Waals surface area contributed by atoms with Crippen LogP contribution in [0.2, 0.25) is 0 Å². The number of carbonyl (C=O) groups is 1. The number of carbonyl (C=O) groups excluding carboxylic acids is 1. The number of hydrogen-bond donors (Lipinski definition) is 1. The minimum Gasteiger partial charge on any atom is -0.508 e. The number of aromatic nitrogens is 2. The van der Waals surface area contributed by atoms with E-state index >= 15 is 0 Å². The Kier molecular flexibility index (Phi) is 5.15. The molecule has 0 radical (unpaired) electrons. The highest BCUT2D eigenvalue weighted by Gasteiger charge is 2.23. The Hall–Kier alpha value is -2.34. The molecule has 1 amide bonds. The summed E-state index contributed by atoms with van der Waals surface area (Å²) in [5, 5.41) is 14.1. The van der Waals surface area contributed by atoms with Crippen LogP contribution in [0.15, 0.2) is 36.7 Å². The van der Waals surface area contributed by atoms with Crippen LogP contribution in [-0.4, -0.2) is 44.9 Å². The van der Waals surface area contributed by atoms with Gasteiger partial charge in [-0.1, -0.05) is 18.2 Å². The van der Waals surface area contributed by atoms with Gasteiger partial charge in [-0.2, -0.15) is 5.10 Å². The van der Waals surface area contributed by atoms with Crippen LogP contribution in [0, 0.1) is 0 Å². The highest BCUT2D eigenvalue weighted by atomic mass is 16.5. The number of para-hydroxylation sites is 1. The highest BCUT2D eigenvalue weighted by Crippen LogP contribution is 2.21. The fourth-order valence-electron chi connectivity index (χ4n) is 2.99. The van der Waals surface area contributed by atoms with Crippen LogP contribution >= 0.6 is 0 Å². The quantitative estimate of drug-likeness (QED) is 0.879. The lowest BCUT2D eigenvalue weighted by Gasteiger charge is -2.26. The van der Waals surface area contributed by atoms with Crippen molar-refractivity contribution in [2.45, 2.75) is 31.9 Å². The van der Waals surface area contributed by atoms with Gasteiger partial charge in [-0.25, -0.2) is 0 Å². The summed E-state index contributed by atoms with van der Waals surface area (Å²) in [7, 11) is 1.83. The minimum atomic E-state index is 0.0155. The number of amides is 1. The lowest BCUT2D eigenvalue weighted by molar-refractivity contribution is -0.132. The smallest absolute Gasteiger partial charge is 0.227 e. The summed E-state index contributed by atoms with van der Waals surface area (Å²) in [6, 6.07) is 7.13. The van der Waals surface area contributed by atoms with Crippen molar-refractivity contribution in [3.8, 4) is 5.75 Å². The van der Waals surface area contributed by atoms with Gasteiger partial charge in [-0.3, -0.25) is 9.48 Å². The molecule has 1 saturated heterocycles. The second-order valence-corrected chi connectivity index (χ2v) is 6.24. The first-order valence-corrected chi connectivity index (χ1v) is 8.25. The van der Waals surface area contributed by atoms with Crippen LogP contribution in [0.5, 0.6) is 5.75 Å². The Morgan fingerprint density at radius 1 is 1.46 bits per heavy atom. The summed E-state index contributed by atoms with van der Waals surface area (Å²) >= 11 is 0. The molecule has 2 heterocycles. The molecule has 1 aromatic heterocycles. The lowest BCUT2D eigenvalue weighted by atomic mass is 10.1. The first kappa shape index (κ1) is 16.5. The van der Waals surface area contributed by atoms with Gasteiger partial charge >= 0.3 is 0 Å². The van der Waals surface area contributed by atoms with Crippen LogP contribution in [0.1, 0.15) is 24.0 Å². The molecule has 1 fully saturated rings. The lowest BCUT2D eigenvalue weighted by Crippen LogP contribution is -2.37. The van der Waals surface area contributed by atoms with Crippen LogP contribution in [0.25, 0.3) is 0 Å². The van der Waals surface area contributed by atoms with Crippen LogP contribution in [0.4, 0.5) is 0 Å². The van der Waals surface area contributed by atoms with E-state index in [1.165, 1.54) is 0 Å². The van der Waals surface area contributed by atoms with Crippen molar-refractivity contribution in [1.29, 1.82) is 0 Å². The Morgan fingerprint density at radius 2 is 2.29 bits per heavy atom. The van der Waals surface area contributed by atoms with Gasteiger partial charge in [0.1, 0.15) is 5.75 Å². The van der Waals surface area contributed by atoms with Crippen molar-refractivity contribution in [3.05, 3.63) is 47.8 Å². The second-order valence-electron chi connectivity index (χ2n) is 6.24. The van der Waals surface area contributed by atoms with Gasteiger partial charge < -0.3 is 14.7 Å². The summed E-state index contributed by atoms with van der Waals surface area (Å²) in [6.07, 6.45) is 5.94. The number of nitrogens with zero attached hydrogens (tertiary/aromatic N) is 3. The number of phenols is 1. The molecule has 1 aliphatic rings. The summed E-state index contributed by atoms with van der Waals surface area (Å²) in [6.45, 7) is 1.69. The molecule has 0 unspecified atom stereocenters. The molecule has 1 N–H and O–H groups in total. The minimum absolute atomic E-state index is 0.0155. The first-order chi connectivity index (χ1) is 11.6. The van der Waals surface area contributed by atoms with Crippen LogP contribution in [-0.2, 0) is 29.5 Å². The molecule has 1 aliphatic heterocycles. The second kappa shape index (κ2) is 7.49. The predicted octanol–water partition coefficient (Wildman–Crippen LogP) is 1.88. The molecule has 128 valence electrons. The van der Waals surface area contributed by atoms with Crippen molar-refractivity contribution >= 4 is 5.91 Å². The number of aryl methyl sites for hydroxylation is 1. The Bertz CT molecular complexity index is 692. The Morgan fingerprint density at radius 3 is 2.96 bits per heavy atom. The summed E-state index contributed by atoms with van der Waals surface area (Å²) in [5.41, 5.74) is 1.63. The molecule has 0 spiro atoms. The third-order valence-electron chi connectivity index (χ3n) is 4.27. The molecule has 6 heteroatoms. The highest BCUT2D eigenvalue weighted by molar-refractivity contribution is 5.78. The van der Waals surface area contributed by atoms with Gasteiger partial charge in [0.25, 0.3) is 0 Å². The van der Waals surface area contributed by atoms with E-state index in [-0.39, 0.29) is 17.8 Å². The SMILES string of the molecule is Cn1cc(CC(=O)N(Cc2ccccc2O)C[C@@H]2CCCO2)cn1. The van der Waals surface area contributed by atoms with E-state index in [0.29, 0.717) is 19.5 Å². The maximum absolute atomic E-state index is 12.8. The van der Waals surface area contributed by atoms with Crippen molar-refractivity contribution in [2.24, 2.45) is 7.05 Å². The number of ether oxygens (including phenoxy) is 1. The van der Waals surface area contributed by atoms with E-state index in [1.54, 1.807) is 27.9 Å². The van der Waals surface area contributed by atoms with E-state index in [2.05, 4.69) is 5.10 Å². The topological polar surface area (TPSA) is 67.6 Å². The standard InChI is InChI=1S/C18H23N3O3/c1-20-11-14(10-19-20)9-18(23)21(13-16-6-4-8-24-16)12-15-5-2-3-7-17(15)22/h2-3,5,7,10-11,16,22H,4,6,8-9,12-13H2,1H3/t16-/m0/s1. The van der Waals surface area contributed by atoms with Gasteiger partial charge in [0.15, 0.2) is 0 Å².